The summed E-state index contributed by atoms with van der Waals surface area (Å²) in [6, 6.07) is 26.6. The summed E-state index contributed by atoms with van der Waals surface area (Å²) in [7, 11) is 0. The van der Waals surface area contributed by atoms with Crippen molar-refractivity contribution in [1.82, 2.24) is 15.3 Å². The van der Waals surface area contributed by atoms with Crippen molar-refractivity contribution in [2.24, 2.45) is 5.16 Å². The van der Waals surface area contributed by atoms with Crippen LogP contribution in [-0.4, -0.2) is 38.8 Å². The third kappa shape index (κ3) is 4.81. The number of hydrogen-bond acceptors (Lipinski definition) is 5. The van der Waals surface area contributed by atoms with Crippen LogP contribution in [0.5, 0.6) is 0 Å². The Kier molecular flexibility index (Phi) is 6.09. The summed E-state index contributed by atoms with van der Waals surface area (Å²) in [6.45, 7) is 0.401. The lowest BCUT2D eigenvalue weighted by Crippen LogP contribution is -2.23. The summed E-state index contributed by atoms with van der Waals surface area (Å²) in [4.78, 5) is 37.1. The van der Waals surface area contributed by atoms with E-state index in [0.717, 1.165) is 22.3 Å². The van der Waals surface area contributed by atoms with Gasteiger partial charge in [0.15, 0.2) is 0 Å². The van der Waals surface area contributed by atoms with Gasteiger partial charge < -0.3 is 20.2 Å². The van der Waals surface area contributed by atoms with Crippen LogP contribution in [0.15, 0.2) is 90.1 Å². The Balaban J connectivity index is 1.41. The number of imidazole rings is 1. The Hall–Kier alpha value is -4.72. The normalized spacial score (nSPS) is 14.7. The van der Waals surface area contributed by atoms with E-state index in [1.807, 2.05) is 84.9 Å². The zero-order valence-corrected chi connectivity index (χ0v) is 18.6. The molecule has 1 aliphatic rings. The lowest BCUT2D eigenvalue weighted by Gasteiger charge is -2.06. The molecule has 1 aromatic heterocycles. The Morgan fingerprint density at radius 1 is 0.914 bits per heavy atom. The maximum absolute atomic E-state index is 13.1. The topological polar surface area (TPSA) is 117 Å². The molecule has 0 fully saturated rings. The molecule has 35 heavy (non-hydrogen) atoms. The first kappa shape index (κ1) is 22.1. The van der Waals surface area contributed by atoms with Gasteiger partial charge in [-0.15, -0.1) is 0 Å². The first-order valence-corrected chi connectivity index (χ1v) is 11.1. The number of carboxylic acids is 1. The number of benzene rings is 3. The van der Waals surface area contributed by atoms with Gasteiger partial charge in [-0.3, -0.25) is 4.79 Å². The van der Waals surface area contributed by atoms with Crippen LogP contribution in [0.1, 0.15) is 28.0 Å². The van der Waals surface area contributed by atoms with Crippen LogP contribution >= 0.6 is 0 Å². The third-order valence-electron chi connectivity index (χ3n) is 5.71. The molecule has 3 aromatic carbocycles. The Morgan fingerprint density at radius 2 is 1.57 bits per heavy atom. The molecule has 0 radical (unpaired) electrons. The quantitative estimate of drug-likeness (QED) is 0.376. The van der Waals surface area contributed by atoms with Crippen molar-refractivity contribution >= 4 is 17.6 Å². The van der Waals surface area contributed by atoms with Crippen molar-refractivity contribution in [1.29, 1.82) is 0 Å². The highest BCUT2D eigenvalue weighted by atomic mass is 16.7. The number of nitrogens with one attached hydrogen (secondary N) is 2. The first-order chi connectivity index (χ1) is 17.1. The summed E-state index contributed by atoms with van der Waals surface area (Å²) in [5.74, 6) is -0.740. The number of rotatable bonds is 7. The van der Waals surface area contributed by atoms with Crippen LogP contribution in [0.3, 0.4) is 0 Å². The number of H-pyrrole nitrogens is 1. The van der Waals surface area contributed by atoms with E-state index in [4.69, 9.17) is 14.9 Å². The molecule has 174 valence electrons. The average Bonchev–Trinajstić information content (AvgIpc) is 3.57. The molecular formula is C27H22N4O4. The lowest BCUT2D eigenvalue weighted by atomic mass is 10.0. The number of carbonyl (C=O) groups is 2. The Labute approximate surface area is 201 Å². The fourth-order valence-electron chi connectivity index (χ4n) is 3.85. The molecule has 1 unspecified atom stereocenters. The molecule has 8 nitrogen and oxygen atoms in total. The summed E-state index contributed by atoms with van der Waals surface area (Å²) < 4.78 is 0. The molecule has 0 aliphatic carbocycles. The average molecular weight is 466 g/mol. The predicted octanol–water partition coefficient (Wildman–Crippen LogP) is 4.25. The second kappa shape index (κ2) is 9.64. The Bertz CT molecular complexity index is 1380. The lowest BCUT2D eigenvalue weighted by molar-refractivity contribution is -0.148. The molecule has 0 saturated carbocycles. The van der Waals surface area contributed by atoms with Crippen LogP contribution < -0.4 is 5.32 Å². The monoisotopic (exact) mass is 466 g/mol. The van der Waals surface area contributed by atoms with E-state index < -0.39 is 12.1 Å². The molecule has 1 atom stereocenters. The summed E-state index contributed by atoms with van der Waals surface area (Å²) in [6.07, 6.45) is -0.751. The van der Waals surface area contributed by atoms with Gasteiger partial charge in [-0.2, -0.15) is 0 Å². The number of carboxylic acid groups (broad SMARTS) is 1. The number of nitrogens with zero attached hydrogens (tertiary/aromatic N) is 2. The smallest absolute Gasteiger partial charge is 0.348 e. The molecule has 3 N–H and O–H groups in total. The first-order valence-electron chi connectivity index (χ1n) is 11.1. The molecule has 0 bridgehead atoms. The molecule has 1 amide bonds. The fourth-order valence-corrected chi connectivity index (χ4v) is 3.85. The third-order valence-corrected chi connectivity index (χ3v) is 5.71. The number of aromatic nitrogens is 2. The highest BCUT2D eigenvalue weighted by Crippen LogP contribution is 2.27. The minimum Gasteiger partial charge on any atom is -0.478 e. The van der Waals surface area contributed by atoms with Crippen LogP contribution in [-0.2, 0) is 16.2 Å². The zero-order valence-electron chi connectivity index (χ0n) is 18.6. The fraction of sp³-hybridized carbons (Fsp3) is 0.111. The van der Waals surface area contributed by atoms with Crippen molar-refractivity contribution in [3.05, 3.63) is 102 Å². The van der Waals surface area contributed by atoms with E-state index in [1.165, 1.54) is 0 Å². The van der Waals surface area contributed by atoms with Crippen LogP contribution in [0.25, 0.3) is 22.6 Å². The van der Waals surface area contributed by atoms with Gasteiger partial charge >= 0.3 is 5.97 Å². The number of hydrogen-bond donors (Lipinski definition) is 3. The van der Waals surface area contributed by atoms with E-state index in [0.29, 0.717) is 29.5 Å². The number of amides is 1. The van der Waals surface area contributed by atoms with Crippen molar-refractivity contribution in [2.45, 2.75) is 19.1 Å². The van der Waals surface area contributed by atoms with Crippen molar-refractivity contribution in [3.63, 3.8) is 0 Å². The van der Waals surface area contributed by atoms with Gasteiger partial charge in [0.05, 0.1) is 5.71 Å². The van der Waals surface area contributed by atoms with Gasteiger partial charge in [-0.05, 0) is 11.1 Å². The molecule has 1 aliphatic heterocycles. The minimum atomic E-state index is -1.04. The van der Waals surface area contributed by atoms with Gasteiger partial charge in [-0.25, -0.2) is 9.78 Å². The predicted molar refractivity (Wildman–Crippen MR) is 131 cm³/mol. The summed E-state index contributed by atoms with van der Waals surface area (Å²) in [5.41, 5.74) is 4.90. The Morgan fingerprint density at radius 3 is 2.23 bits per heavy atom. The highest BCUT2D eigenvalue weighted by Gasteiger charge is 2.28. The van der Waals surface area contributed by atoms with Gasteiger partial charge in [0.1, 0.15) is 17.2 Å². The molecule has 0 spiro atoms. The van der Waals surface area contributed by atoms with Gasteiger partial charge in [-0.1, -0.05) is 90.1 Å². The van der Waals surface area contributed by atoms with Gasteiger partial charge in [0, 0.05) is 24.1 Å². The maximum atomic E-state index is 13.1. The maximum Gasteiger partial charge on any atom is 0.348 e. The molecule has 0 saturated heterocycles. The largest absolute Gasteiger partial charge is 0.478 e. The number of aliphatic carboxylic acids is 1. The van der Waals surface area contributed by atoms with Gasteiger partial charge in [0.25, 0.3) is 5.91 Å². The molecule has 5 rings (SSSR count). The summed E-state index contributed by atoms with van der Waals surface area (Å²) >= 11 is 0. The molecule has 2 heterocycles. The van der Waals surface area contributed by atoms with Gasteiger partial charge in [0.2, 0.25) is 6.10 Å². The molecule has 4 aromatic rings. The zero-order chi connectivity index (χ0) is 24.2. The van der Waals surface area contributed by atoms with E-state index >= 15 is 0 Å². The number of oxime groups is 1. The van der Waals surface area contributed by atoms with E-state index in [2.05, 4.69) is 15.5 Å². The van der Waals surface area contributed by atoms with E-state index in [-0.39, 0.29) is 12.3 Å². The van der Waals surface area contributed by atoms with Crippen LogP contribution in [0.4, 0.5) is 0 Å². The number of aromatic amines is 1. The van der Waals surface area contributed by atoms with Crippen molar-refractivity contribution in [2.75, 3.05) is 0 Å². The highest BCUT2D eigenvalue weighted by molar-refractivity contribution is 6.03. The molecule has 8 heteroatoms. The van der Waals surface area contributed by atoms with E-state index in [9.17, 15) is 9.59 Å². The van der Waals surface area contributed by atoms with Crippen molar-refractivity contribution in [3.8, 4) is 22.6 Å². The second-order valence-electron chi connectivity index (χ2n) is 8.10. The van der Waals surface area contributed by atoms with Crippen LogP contribution in [0.2, 0.25) is 0 Å². The SMILES string of the molecule is O=C(NCc1ccccc1)c1[nH]c(-c2ccc(C3=NOC(C(=O)O)C3)cc2)nc1-c1ccccc1. The summed E-state index contributed by atoms with van der Waals surface area (Å²) in [5, 5.41) is 16.0. The minimum absolute atomic E-state index is 0.208. The molecular weight excluding hydrogens is 444 g/mol. The van der Waals surface area contributed by atoms with E-state index in [1.54, 1.807) is 0 Å². The van der Waals surface area contributed by atoms with Crippen LogP contribution in [0, 0.1) is 0 Å². The standard InChI is InChI=1S/C27H22N4O4/c32-26(28-16-17-7-3-1-4-8-17)24-23(19-9-5-2-6-10-19)29-25(30-24)20-13-11-18(12-14-20)21-15-22(27(33)34)35-31-21/h1-14,22H,15-16H2,(H,28,32)(H,29,30)(H,33,34). The van der Waals surface area contributed by atoms with Crippen molar-refractivity contribution < 1.29 is 19.5 Å². The number of carbonyl (C=O) groups excluding carboxylic acids is 1. The second-order valence-corrected chi connectivity index (χ2v) is 8.10.